The van der Waals surface area contributed by atoms with Gasteiger partial charge >= 0.3 is 0 Å². The molecular weight excluding hydrogens is 323 g/mol. The second-order valence-electron chi connectivity index (χ2n) is 4.22. The van der Waals surface area contributed by atoms with Crippen LogP contribution in [0.4, 0.5) is 10.1 Å². The highest BCUT2D eigenvalue weighted by Crippen LogP contribution is 2.24. The van der Waals surface area contributed by atoms with Gasteiger partial charge in [-0.3, -0.25) is 4.79 Å². The number of hydrogen-bond acceptors (Lipinski definition) is 2. The molecular formula is C15H10BrFN2O. The number of nitriles is 1. The van der Waals surface area contributed by atoms with Gasteiger partial charge in [0.1, 0.15) is 5.82 Å². The monoisotopic (exact) mass is 332 g/mol. The fourth-order valence-corrected chi connectivity index (χ4v) is 2.13. The van der Waals surface area contributed by atoms with Crippen LogP contribution in [0, 0.1) is 24.1 Å². The Bertz CT molecular complexity index is 705. The Morgan fingerprint density at radius 1 is 1.30 bits per heavy atom. The average Bonchev–Trinajstić information content (AvgIpc) is 2.44. The van der Waals surface area contributed by atoms with Crippen LogP contribution in [-0.4, -0.2) is 5.91 Å². The van der Waals surface area contributed by atoms with E-state index in [1.807, 2.05) is 6.07 Å². The van der Waals surface area contributed by atoms with Crippen molar-refractivity contribution < 1.29 is 9.18 Å². The van der Waals surface area contributed by atoms with Crippen molar-refractivity contribution in [1.29, 1.82) is 5.26 Å². The van der Waals surface area contributed by atoms with Crippen LogP contribution in [0.15, 0.2) is 40.9 Å². The van der Waals surface area contributed by atoms with E-state index in [-0.39, 0.29) is 5.91 Å². The van der Waals surface area contributed by atoms with E-state index in [2.05, 4.69) is 21.2 Å². The number of nitrogens with one attached hydrogen (secondary N) is 1. The van der Waals surface area contributed by atoms with Crippen LogP contribution in [-0.2, 0) is 0 Å². The summed E-state index contributed by atoms with van der Waals surface area (Å²) >= 11 is 3.09. The van der Waals surface area contributed by atoms with Crippen molar-refractivity contribution >= 4 is 27.5 Å². The van der Waals surface area contributed by atoms with Crippen LogP contribution >= 0.6 is 15.9 Å². The number of carbonyl (C=O) groups excluding carboxylic acids is 1. The highest BCUT2D eigenvalue weighted by molar-refractivity contribution is 9.10. The number of carbonyl (C=O) groups is 1. The lowest BCUT2D eigenvalue weighted by atomic mass is 10.1. The summed E-state index contributed by atoms with van der Waals surface area (Å²) in [5, 5.41) is 11.3. The Morgan fingerprint density at radius 3 is 2.55 bits per heavy atom. The summed E-state index contributed by atoms with van der Waals surface area (Å²) in [7, 11) is 0. The Labute approximate surface area is 124 Å². The van der Waals surface area contributed by atoms with Gasteiger partial charge in [-0.25, -0.2) is 4.39 Å². The molecule has 3 nitrogen and oxygen atoms in total. The Balaban J connectivity index is 2.23. The van der Waals surface area contributed by atoms with Crippen molar-refractivity contribution in [1.82, 2.24) is 0 Å². The number of nitrogens with zero attached hydrogens (tertiary/aromatic N) is 1. The maximum absolute atomic E-state index is 13.5. The van der Waals surface area contributed by atoms with Gasteiger partial charge in [-0.05, 0) is 64.8 Å². The molecule has 0 fully saturated rings. The fourth-order valence-electron chi connectivity index (χ4n) is 1.67. The molecule has 2 rings (SSSR count). The molecule has 20 heavy (non-hydrogen) atoms. The van der Waals surface area contributed by atoms with Crippen LogP contribution in [0.25, 0.3) is 0 Å². The van der Waals surface area contributed by atoms with Gasteiger partial charge in [0.15, 0.2) is 0 Å². The van der Waals surface area contributed by atoms with Crippen molar-refractivity contribution in [3.05, 3.63) is 63.4 Å². The molecule has 0 bridgehead atoms. The standard InChI is InChI=1S/C15H10BrFN2O/c1-9-6-12(16)13(17)7-14(9)19-15(20)11-4-2-10(8-18)3-5-11/h2-7H,1H3,(H,19,20). The van der Waals surface area contributed by atoms with E-state index < -0.39 is 5.82 Å². The smallest absolute Gasteiger partial charge is 0.255 e. The van der Waals surface area contributed by atoms with Crippen molar-refractivity contribution in [2.24, 2.45) is 0 Å². The van der Waals surface area contributed by atoms with E-state index in [9.17, 15) is 9.18 Å². The molecule has 2 aromatic rings. The summed E-state index contributed by atoms with van der Waals surface area (Å²) in [5.74, 6) is -0.787. The number of benzene rings is 2. The van der Waals surface area contributed by atoms with Gasteiger partial charge in [0, 0.05) is 11.3 Å². The summed E-state index contributed by atoms with van der Waals surface area (Å²) in [6.45, 7) is 1.78. The molecule has 2 aromatic carbocycles. The van der Waals surface area contributed by atoms with Crippen molar-refractivity contribution in [2.75, 3.05) is 5.32 Å². The van der Waals surface area contributed by atoms with E-state index in [4.69, 9.17) is 5.26 Å². The van der Waals surface area contributed by atoms with Crippen molar-refractivity contribution in [3.63, 3.8) is 0 Å². The SMILES string of the molecule is Cc1cc(Br)c(F)cc1NC(=O)c1ccc(C#N)cc1. The molecule has 0 heterocycles. The number of rotatable bonds is 2. The molecule has 0 aromatic heterocycles. The summed E-state index contributed by atoms with van der Waals surface area (Å²) < 4.78 is 13.8. The van der Waals surface area contributed by atoms with Crippen LogP contribution < -0.4 is 5.32 Å². The predicted octanol–water partition coefficient (Wildman–Crippen LogP) is 4.02. The van der Waals surface area contributed by atoms with Gasteiger partial charge in [-0.15, -0.1) is 0 Å². The second-order valence-corrected chi connectivity index (χ2v) is 5.08. The van der Waals surface area contributed by atoms with Gasteiger partial charge < -0.3 is 5.32 Å². The van der Waals surface area contributed by atoms with E-state index >= 15 is 0 Å². The van der Waals surface area contributed by atoms with E-state index in [0.717, 1.165) is 5.56 Å². The first-order chi connectivity index (χ1) is 9.51. The maximum atomic E-state index is 13.5. The molecule has 5 heteroatoms. The highest BCUT2D eigenvalue weighted by atomic mass is 79.9. The fraction of sp³-hybridized carbons (Fsp3) is 0.0667. The minimum absolute atomic E-state index is 0.348. The molecule has 0 unspecified atom stereocenters. The Hall–Kier alpha value is -2.19. The molecule has 0 saturated heterocycles. The average molecular weight is 333 g/mol. The number of amides is 1. The van der Waals surface area contributed by atoms with E-state index in [1.54, 1.807) is 37.3 Å². The molecule has 0 aliphatic heterocycles. The lowest BCUT2D eigenvalue weighted by molar-refractivity contribution is 0.102. The minimum atomic E-state index is -0.439. The van der Waals surface area contributed by atoms with Gasteiger partial charge in [0.25, 0.3) is 5.91 Å². The number of anilines is 1. The molecule has 0 radical (unpaired) electrons. The summed E-state index contributed by atoms with van der Waals surface area (Å²) in [6, 6.07) is 11.1. The van der Waals surface area contributed by atoms with E-state index in [1.165, 1.54) is 6.07 Å². The van der Waals surface area contributed by atoms with Crippen LogP contribution in [0.3, 0.4) is 0 Å². The molecule has 0 aliphatic carbocycles. The van der Waals surface area contributed by atoms with Crippen molar-refractivity contribution in [3.8, 4) is 6.07 Å². The largest absolute Gasteiger partial charge is 0.322 e. The van der Waals surface area contributed by atoms with Gasteiger partial charge in [0.2, 0.25) is 0 Å². The summed E-state index contributed by atoms with van der Waals surface area (Å²) in [5.41, 5.74) is 2.06. The summed E-state index contributed by atoms with van der Waals surface area (Å²) in [6.07, 6.45) is 0. The highest BCUT2D eigenvalue weighted by Gasteiger charge is 2.10. The van der Waals surface area contributed by atoms with Crippen LogP contribution in [0.2, 0.25) is 0 Å². The molecule has 1 N–H and O–H groups in total. The molecule has 1 amide bonds. The maximum Gasteiger partial charge on any atom is 0.255 e. The molecule has 0 saturated carbocycles. The lowest BCUT2D eigenvalue weighted by Gasteiger charge is -2.09. The normalized spacial score (nSPS) is 9.90. The minimum Gasteiger partial charge on any atom is -0.322 e. The molecule has 0 aliphatic rings. The quantitative estimate of drug-likeness (QED) is 0.902. The second kappa shape index (κ2) is 5.85. The first-order valence-corrected chi connectivity index (χ1v) is 6.57. The van der Waals surface area contributed by atoms with Crippen LogP contribution in [0.1, 0.15) is 21.5 Å². The molecule has 100 valence electrons. The Kier molecular flexibility index (Phi) is 4.16. The first-order valence-electron chi connectivity index (χ1n) is 5.78. The topological polar surface area (TPSA) is 52.9 Å². The number of halogens is 2. The third-order valence-corrected chi connectivity index (χ3v) is 3.40. The van der Waals surface area contributed by atoms with Gasteiger partial charge in [-0.2, -0.15) is 5.26 Å². The zero-order valence-corrected chi connectivity index (χ0v) is 12.2. The predicted molar refractivity (Wildman–Crippen MR) is 77.9 cm³/mol. The summed E-state index contributed by atoms with van der Waals surface area (Å²) in [4.78, 5) is 12.0. The third-order valence-electron chi connectivity index (χ3n) is 2.79. The zero-order chi connectivity index (χ0) is 14.7. The zero-order valence-electron chi connectivity index (χ0n) is 10.6. The molecule has 0 atom stereocenters. The van der Waals surface area contributed by atoms with Gasteiger partial charge in [-0.1, -0.05) is 0 Å². The first kappa shape index (κ1) is 14.2. The van der Waals surface area contributed by atoms with Crippen LogP contribution in [0.5, 0.6) is 0 Å². The number of hydrogen-bond donors (Lipinski definition) is 1. The third kappa shape index (κ3) is 3.03. The van der Waals surface area contributed by atoms with Crippen molar-refractivity contribution in [2.45, 2.75) is 6.92 Å². The molecule has 0 spiro atoms. The lowest BCUT2D eigenvalue weighted by Crippen LogP contribution is -2.13. The van der Waals surface area contributed by atoms with E-state index in [0.29, 0.717) is 21.3 Å². The van der Waals surface area contributed by atoms with Gasteiger partial charge in [0.05, 0.1) is 16.1 Å². The Morgan fingerprint density at radius 2 is 1.95 bits per heavy atom. The number of aryl methyl sites for hydroxylation is 1.